The van der Waals surface area contributed by atoms with E-state index in [1.54, 1.807) is 36.4 Å². The second-order valence-corrected chi connectivity index (χ2v) is 7.23. The highest BCUT2D eigenvalue weighted by Gasteiger charge is 2.29. The molecule has 0 radical (unpaired) electrons. The Morgan fingerprint density at radius 2 is 1.56 bits per heavy atom. The summed E-state index contributed by atoms with van der Waals surface area (Å²) in [5, 5.41) is 19.3. The number of nitrogens with zero attached hydrogens (tertiary/aromatic N) is 1. The van der Waals surface area contributed by atoms with Crippen LogP contribution in [0.25, 0.3) is 0 Å². The minimum absolute atomic E-state index is 0.0125. The molecule has 2 aromatic carbocycles. The molecule has 5 nitrogen and oxygen atoms in total. The molecule has 0 spiro atoms. The summed E-state index contributed by atoms with van der Waals surface area (Å²) in [6, 6.07) is 16.3. The number of hydrogen-bond acceptors (Lipinski definition) is 5. The molecule has 0 atom stereocenters. The zero-order chi connectivity index (χ0) is 19.7. The highest BCUT2D eigenvalue weighted by molar-refractivity contribution is 6.08. The van der Waals surface area contributed by atoms with Crippen molar-refractivity contribution in [2.75, 3.05) is 40.5 Å². The lowest BCUT2D eigenvalue weighted by Gasteiger charge is -2.32. The molecule has 0 aliphatic carbocycles. The van der Waals surface area contributed by atoms with Gasteiger partial charge in [0.15, 0.2) is 5.78 Å². The molecule has 0 aromatic heterocycles. The molecule has 2 rings (SSSR count). The number of carbonyl (C=O) groups is 1. The van der Waals surface area contributed by atoms with Gasteiger partial charge < -0.3 is 19.8 Å². The molecular formula is C22H29NO4. The lowest BCUT2D eigenvalue weighted by Crippen LogP contribution is -2.40. The number of ketones is 1. The topological polar surface area (TPSA) is 70.0 Å². The van der Waals surface area contributed by atoms with Crippen molar-refractivity contribution in [3.05, 3.63) is 65.7 Å². The fourth-order valence-electron chi connectivity index (χ4n) is 3.15. The highest BCUT2D eigenvalue weighted by Crippen LogP contribution is 2.24. The van der Waals surface area contributed by atoms with Gasteiger partial charge in [-0.05, 0) is 51.2 Å². The van der Waals surface area contributed by atoms with Crippen LogP contribution in [0, 0.1) is 5.41 Å². The van der Waals surface area contributed by atoms with Gasteiger partial charge >= 0.3 is 0 Å². The van der Waals surface area contributed by atoms with E-state index in [0.29, 0.717) is 36.4 Å². The zero-order valence-corrected chi connectivity index (χ0v) is 16.1. The molecule has 0 amide bonds. The molecule has 0 aliphatic heterocycles. The van der Waals surface area contributed by atoms with Gasteiger partial charge in [-0.15, -0.1) is 0 Å². The molecule has 2 aromatic rings. The van der Waals surface area contributed by atoms with Crippen molar-refractivity contribution in [3.8, 4) is 5.75 Å². The number of rotatable bonds is 11. The maximum atomic E-state index is 12.4. The summed E-state index contributed by atoms with van der Waals surface area (Å²) >= 11 is 0. The van der Waals surface area contributed by atoms with Crippen LogP contribution in [0.3, 0.4) is 0 Å². The van der Waals surface area contributed by atoms with Crippen LogP contribution in [0.4, 0.5) is 0 Å². The van der Waals surface area contributed by atoms with Crippen LogP contribution in [-0.4, -0.2) is 61.4 Å². The molecular weight excluding hydrogens is 342 g/mol. The van der Waals surface area contributed by atoms with Crippen molar-refractivity contribution in [3.63, 3.8) is 0 Å². The Kier molecular flexibility index (Phi) is 7.98. The Balaban J connectivity index is 1.85. The standard InChI is InChI=1S/C22H29NO4/c1-23(2)15-22(16-24,17-25)13-6-14-27-20-11-9-19(10-12-20)21(26)18-7-4-3-5-8-18/h3-5,7-12,24-25H,6,13-17H2,1-2H3. The Morgan fingerprint density at radius 1 is 0.963 bits per heavy atom. The summed E-state index contributed by atoms with van der Waals surface area (Å²) in [6.07, 6.45) is 1.39. The van der Waals surface area contributed by atoms with Gasteiger partial charge in [-0.1, -0.05) is 30.3 Å². The molecule has 0 unspecified atom stereocenters. The van der Waals surface area contributed by atoms with Crippen molar-refractivity contribution >= 4 is 5.78 Å². The fourth-order valence-corrected chi connectivity index (χ4v) is 3.15. The van der Waals surface area contributed by atoms with Crippen molar-refractivity contribution < 1.29 is 19.7 Å². The first-order valence-corrected chi connectivity index (χ1v) is 9.19. The summed E-state index contributed by atoms with van der Waals surface area (Å²) in [7, 11) is 3.85. The minimum Gasteiger partial charge on any atom is -0.494 e. The quantitative estimate of drug-likeness (QED) is 0.469. The van der Waals surface area contributed by atoms with Gasteiger partial charge in [0.1, 0.15) is 5.75 Å². The number of aliphatic hydroxyl groups is 2. The van der Waals surface area contributed by atoms with Crippen molar-refractivity contribution in [1.82, 2.24) is 4.90 Å². The second-order valence-electron chi connectivity index (χ2n) is 7.23. The second kappa shape index (κ2) is 10.2. The van der Waals surface area contributed by atoms with Crippen LogP contribution >= 0.6 is 0 Å². The molecule has 0 fully saturated rings. The average Bonchev–Trinajstić information content (AvgIpc) is 2.70. The summed E-state index contributed by atoms with van der Waals surface area (Å²) in [6.45, 7) is 0.993. The third-order valence-electron chi connectivity index (χ3n) is 4.60. The fraction of sp³-hybridized carbons (Fsp3) is 0.409. The van der Waals surface area contributed by atoms with Gasteiger partial charge in [0, 0.05) is 23.1 Å². The maximum Gasteiger partial charge on any atom is 0.193 e. The first-order chi connectivity index (χ1) is 13.0. The Morgan fingerprint density at radius 3 is 2.11 bits per heavy atom. The SMILES string of the molecule is CN(C)CC(CO)(CO)CCCOc1ccc(C(=O)c2ccccc2)cc1. The van der Waals surface area contributed by atoms with Gasteiger partial charge in [-0.25, -0.2) is 0 Å². The predicted octanol–water partition coefficient (Wildman–Crippen LogP) is 2.61. The lowest BCUT2D eigenvalue weighted by atomic mass is 9.84. The van der Waals surface area contributed by atoms with Crippen LogP contribution in [0.15, 0.2) is 54.6 Å². The molecule has 0 aliphatic rings. The van der Waals surface area contributed by atoms with E-state index in [-0.39, 0.29) is 19.0 Å². The summed E-state index contributed by atoms with van der Waals surface area (Å²) in [4.78, 5) is 14.4. The first-order valence-electron chi connectivity index (χ1n) is 9.19. The Labute approximate surface area is 161 Å². The molecule has 0 bridgehead atoms. The molecule has 0 saturated heterocycles. The highest BCUT2D eigenvalue weighted by atomic mass is 16.5. The van der Waals surface area contributed by atoms with Gasteiger partial charge in [-0.3, -0.25) is 4.79 Å². The van der Waals surface area contributed by atoms with Crippen molar-refractivity contribution in [2.45, 2.75) is 12.8 Å². The van der Waals surface area contributed by atoms with E-state index in [9.17, 15) is 15.0 Å². The predicted molar refractivity (Wildman–Crippen MR) is 106 cm³/mol. The van der Waals surface area contributed by atoms with Gasteiger partial charge in [0.05, 0.1) is 19.8 Å². The van der Waals surface area contributed by atoms with Crippen LogP contribution in [-0.2, 0) is 0 Å². The molecule has 146 valence electrons. The molecule has 2 N–H and O–H groups in total. The largest absolute Gasteiger partial charge is 0.494 e. The lowest BCUT2D eigenvalue weighted by molar-refractivity contribution is 0.0218. The van der Waals surface area contributed by atoms with E-state index in [1.165, 1.54) is 0 Å². The third kappa shape index (κ3) is 6.17. The number of carbonyl (C=O) groups excluding carboxylic acids is 1. The van der Waals surface area contributed by atoms with Crippen molar-refractivity contribution in [2.24, 2.45) is 5.41 Å². The van der Waals surface area contributed by atoms with Crippen LogP contribution < -0.4 is 4.74 Å². The van der Waals surface area contributed by atoms with Crippen LogP contribution in [0.1, 0.15) is 28.8 Å². The average molecular weight is 371 g/mol. The number of ether oxygens (including phenoxy) is 1. The van der Waals surface area contributed by atoms with Gasteiger partial charge in [0.2, 0.25) is 0 Å². The van der Waals surface area contributed by atoms with Crippen LogP contribution in [0.2, 0.25) is 0 Å². The Hall–Kier alpha value is -2.21. The van der Waals surface area contributed by atoms with Gasteiger partial charge in [0.25, 0.3) is 0 Å². The van der Waals surface area contributed by atoms with E-state index in [4.69, 9.17) is 4.74 Å². The summed E-state index contributed by atoms with van der Waals surface area (Å²) in [5.41, 5.74) is 0.772. The maximum absolute atomic E-state index is 12.4. The molecule has 5 heteroatoms. The first kappa shape index (κ1) is 21.1. The van der Waals surface area contributed by atoms with E-state index >= 15 is 0 Å². The number of benzene rings is 2. The van der Waals surface area contributed by atoms with E-state index in [2.05, 4.69) is 0 Å². The zero-order valence-electron chi connectivity index (χ0n) is 16.1. The van der Waals surface area contributed by atoms with E-state index < -0.39 is 5.41 Å². The normalized spacial score (nSPS) is 11.6. The Bertz CT molecular complexity index is 694. The molecule has 0 saturated carbocycles. The minimum atomic E-state index is -0.515. The molecule has 0 heterocycles. The summed E-state index contributed by atoms with van der Waals surface area (Å²) < 4.78 is 5.75. The van der Waals surface area contributed by atoms with Crippen LogP contribution in [0.5, 0.6) is 5.75 Å². The van der Waals surface area contributed by atoms with Crippen molar-refractivity contribution in [1.29, 1.82) is 0 Å². The third-order valence-corrected chi connectivity index (χ3v) is 4.60. The van der Waals surface area contributed by atoms with Gasteiger partial charge in [-0.2, -0.15) is 0 Å². The smallest absolute Gasteiger partial charge is 0.193 e. The monoisotopic (exact) mass is 371 g/mol. The van der Waals surface area contributed by atoms with E-state index in [1.807, 2.05) is 37.2 Å². The van der Waals surface area contributed by atoms with E-state index in [0.717, 1.165) is 6.42 Å². The number of aliphatic hydroxyl groups excluding tert-OH is 2. The molecule has 27 heavy (non-hydrogen) atoms. The number of hydrogen-bond donors (Lipinski definition) is 2. The summed E-state index contributed by atoms with van der Waals surface area (Å²) in [5.74, 6) is 0.687.